The van der Waals surface area contributed by atoms with E-state index in [1.165, 1.54) is 24.8 Å². The molecule has 1 aliphatic rings. The highest BCUT2D eigenvalue weighted by Crippen LogP contribution is 2.19. The van der Waals surface area contributed by atoms with Gasteiger partial charge in [-0.05, 0) is 46.9 Å². The van der Waals surface area contributed by atoms with Crippen molar-refractivity contribution >= 4 is 15.9 Å². The van der Waals surface area contributed by atoms with Crippen LogP contribution in [0.5, 0.6) is 0 Å². The fraction of sp³-hybridized carbons (Fsp3) is 0.583. The zero-order valence-electron chi connectivity index (χ0n) is 9.40. The minimum atomic E-state index is 0.553. The first-order chi connectivity index (χ1) is 7.79. The quantitative estimate of drug-likeness (QED) is 0.865. The third kappa shape index (κ3) is 3.03. The topological polar surface area (TPSA) is 42.1 Å². The second-order valence-corrected chi connectivity index (χ2v) is 5.16. The minimum absolute atomic E-state index is 0.553. The maximum Gasteiger partial charge on any atom is 0.106 e. The molecule has 1 atom stereocenters. The highest BCUT2D eigenvalue weighted by Gasteiger charge is 2.20. The number of nitrogens with zero attached hydrogens (tertiary/aromatic N) is 2. The maximum absolute atomic E-state index is 5.81. The van der Waals surface area contributed by atoms with Crippen LogP contribution < -0.4 is 5.73 Å². The molecule has 3 nitrogen and oxygen atoms in total. The van der Waals surface area contributed by atoms with Crippen LogP contribution in [0.3, 0.4) is 0 Å². The third-order valence-corrected chi connectivity index (χ3v) is 3.66. The number of rotatable bonds is 3. The average molecular weight is 284 g/mol. The lowest BCUT2D eigenvalue weighted by Crippen LogP contribution is -2.43. The molecule has 0 aliphatic carbocycles. The van der Waals surface area contributed by atoms with E-state index in [9.17, 15) is 0 Å². The van der Waals surface area contributed by atoms with Crippen LogP contribution in [0.15, 0.2) is 22.9 Å². The Bertz CT molecular complexity index is 326. The largest absolute Gasteiger partial charge is 0.329 e. The van der Waals surface area contributed by atoms with Gasteiger partial charge in [0, 0.05) is 25.3 Å². The molecule has 2 rings (SSSR count). The molecule has 0 spiro atoms. The number of hydrogen-bond donors (Lipinski definition) is 1. The number of aromatic nitrogens is 1. The number of hydrogen-bond acceptors (Lipinski definition) is 3. The molecule has 16 heavy (non-hydrogen) atoms. The van der Waals surface area contributed by atoms with Crippen LogP contribution in [0.25, 0.3) is 0 Å². The molecule has 0 saturated carbocycles. The van der Waals surface area contributed by atoms with Crippen molar-refractivity contribution in [3.8, 4) is 0 Å². The lowest BCUT2D eigenvalue weighted by atomic mass is 10.0. The van der Waals surface area contributed by atoms with Gasteiger partial charge in [0.2, 0.25) is 0 Å². The van der Waals surface area contributed by atoms with Gasteiger partial charge in [0.15, 0.2) is 0 Å². The van der Waals surface area contributed by atoms with Crippen LogP contribution in [0.2, 0.25) is 0 Å². The van der Waals surface area contributed by atoms with E-state index in [1.807, 2.05) is 12.3 Å². The van der Waals surface area contributed by atoms with Crippen molar-refractivity contribution in [3.63, 3.8) is 0 Å². The van der Waals surface area contributed by atoms with E-state index >= 15 is 0 Å². The van der Waals surface area contributed by atoms with Gasteiger partial charge in [0.25, 0.3) is 0 Å². The van der Waals surface area contributed by atoms with E-state index in [-0.39, 0.29) is 0 Å². The number of likely N-dealkylation sites (tertiary alicyclic amines) is 1. The maximum atomic E-state index is 5.81. The lowest BCUT2D eigenvalue weighted by Gasteiger charge is -2.34. The summed E-state index contributed by atoms with van der Waals surface area (Å²) in [5.74, 6) is 0. The van der Waals surface area contributed by atoms with Gasteiger partial charge in [-0.3, -0.25) is 4.90 Å². The first-order valence-corrected chi connectivity index (χ1v) is 6.63. The summed E-state index contributed by atoms with van der Waals surface area (Å²) in [4.78, 5) is 6.73. The molecule has 88 valence electrons. The predicted molar refractivity (Wildman–Crippen MR) is 69.0 cm³/mol. The molecule has 0 aromatic carbocycles. The van der Waals surface area contributed by atoms with Gasteiger partial charge in [-0.2, -0.15) is 0 Å². The van der Waals surface area contributed by atoms with Crippen molar-refractivity contribution < 1.29 is 0 Å². The summed E-state index contributed by atoms with van der Waals surface area (Å²) in [6.07, 6.45) is 5.78. The van der Waals surface area contributed by atoms with Gasteiger partial charge in [0.05, 0.1) is 0 Å². The van der Waals surface area contributed by atoms with Crippen molar-refractivity contribution in [2.75, 3.05) is 13.1 Å². The van der Waals surface area contributed by atoms with E-state index in [1.54, 1.807) is 0 Å². The van der Waals surface area contributed by atoms with Crippen molar-refractivity contribution in [2.45, 2.75) is 31.8 Å². The van der Waals surface area contributed by atoms with Crippen molar-refractivity contribution in [2.24, 2.45) is 5.73 Å². The second-order valence-electron chi connectivity index (χ2n) is 4.34. The lowest BCUT2D eigenvalue weighted by molar-refractivity contribution is 0.144. The molecular weight excluding hydrogens is 266 g/mol. The van der Waals surface area contributed by atoms with Crippen LogP contribution in [-0.4, -0.2) is 29.0 Å². The van der Waals surface area contributed by atoms with E-state index in [4.69, 9.17) is 5.73 Å². The Kier molecular flexibility index (Phi) is 4.32. The highest BCUT2D eigenvalue weighted by molar-refractivity contribution is 9.10. The Balaban J connectivity index is 1.99. The van der Waals surface area contributed by atoms with Gasteiger partial charge in [-0.25, -0.2) is 4.98 Å². The molecule has 1 saturated heterocycles. The highest BCUT2D eigenvalue weighted by atomic mass is 79.9. The Hall–Kier alpha value is -0.450. The molecule has 4 heteroatoms. The average Bonchev–Trinajstić information content (AvgIpc) is 2.33. The Morgan fingerprint density at radius 2 is 2.31 bits per heavy atom. The summed E-state index contributed by atoms with van der Waals surface area (Å²) >= 11 is 3.35. The molecule has 1 aromatic heterocycles. The summed E-state index contributed by atoms with van der Waals surface area (Å²) in [6, 6.07) is 4.67. The monoisotopic (exact) mass is 283 g/mol. The van der Waals surface area contributed by atoms with Gasteiger partial charge in [0.1, 0.15) is 4.60 Å². The second kappa shape index (κ2) is 5.75. The smallest absolute Gasteiger partial charge is 0.106 e. The number of halogens is 1. The molecule has 0 bridgehead atoms. The molecule has 1 aliphatic heterocycles. The van der Waals surface area contributed by atoms with E-state index in [2.05, 4.69) is 31.9 Å². The summed E-state index contributed by atoms with van der Waals surface area (Å²) in [6.45, 7) is 2.91. The van der Waals surface area contributed by atoms with Crippen LogP contribution >= 0.6 is 15.9 Å². The molecule has 0 unspecified atom stereocenters. The summed E-state index contributed by atoms with van der Waals surface area (Å²) in [5.41, 5.74) is 7.07. The third-order valence-electron chi connectivity index (χ3n) is 3.20. The first kappa shape index (κ1) is 12.0. The molecule has 1 aromatic rings. The van der Waals surface area contributed by atoms with Crippen molar-refractivity contribution in [3.05, 3.63) is 28.5 Å². The van der Waals surface area contributed by atoms with Crippen LogP contribution in [0.1, 0.15) is 24.8 Å². The number of piperidine rings is 1. The fourth-order valence-corrected chi connectivity index (χ4v) is 2.50. The molecule has 1 fully saturated rings. The zero-order valence-corrected chi connectivity index (χ0v) is 11.0. The first-order valence-electron chi connectivity index (χ1n) is 5.84. The van der Waals surface area contributed by atoms with E-state index in [0.717, 1.165) is 24.2 Å². The standard InChI is InChI=1S/C12H18BrN3/c13-12-5-4-10(8-15-12)9-16-6-2-1-3-11(16)7-14/h4-5,8,11H,1-3,6-7,9,14H2/t11-/m1/s1. The van der Waals surface area contributed by atoms with Gasteiger partial charge in [-0.15, -0.1) is 0 Å². The fourth-order valence-electron chi connectivity index (χ4n) is 2.27. The summed E-state index contributed by atoms with van der Waals surface area (Å²) < 4.78 is 0.894. The molecule has 0 amide bonds. The van der Waals surface area contributed by atoms with Crippen LogP contribution in [0.4, 0.5) is 0 Å². The Morgan fingerprint density at radius 1 is 1.44 bits per heavy atom. The summed E-state index contributed by atoms with van der Waals surface area (Å²) in [7, 11) is 0. The molecule has 2 N–H and O–H groups in total. The van der Waals surface area contributed by atoms with E-state index in [0.29, 0.717) is 6.04 Å². The molecular formula is C12H18BrN3. The van der Waals surface area contributed by atoms with Crippen molar-refractivity contribution in [1.29, 1.82) is 0 Å². The number of pyridine rings is 1. The van der Waals surface area contributed by atoms with Gasteiger partial charge < -0.3 is 5.73 Å². The Morgan fingerprint density at radius 3 is 3.00 bits per heavy atom. The normalized spacial score (nSPS) is 22.2. The van der Waals surface area contributed by atoms with Crippen LogP contribution in [0, 0.1) is 0 Å². The van der Waals surface area contributed by atoms with Gasteiger partial charge in [-0.1, -0.05) is 12.5 Å². The molecule has 0 radical (unpaired) electrons. The summed E-state index contributed by atoms with van der Waals surface area (Å²) in [5, 5.41) is 0. The van der Waals surface area contributed by atoms with Crippen molar-refractivity contribution in [1.82, 2.24) is 9.88 Å². The predicted octanol–water partition coefficient (Wildman–Crippen LogP) is 2.16. The number of nitrogens with two attached hydrogens (primary N) is 1. The minimum Gasteiger partial charge on any atom is -0.329 e. The van der Waals surface area contributed by atoms with Crippen LogP contribution in [-0.2, 0) is 6.54 Å². The zero-order chi connectivity index (χ0) is 11.4. The Labute approximate surface area is 105 Å². The SMILES string of the molecule is NC[C@H]1CCCCN1Cc1ccc(Br)nc1. The molecule has 2 heterocycles. The van der Waals surface area contributed by atoms with E-state index < -0.39 is 0 Å². The van der Waals surface area contributed by atoms with Gasteiger partial charge >= 0.3 is 0 Å².